The van der Waals surface area contributed by atoms with Crippen LogP contribution in [0.3, 0.4) is 0 Å². The molecule has 2 aromatic carbocycles. The number of carbonyl (C=O) groups excluding carboxylic acids is 2. The lowest BCUT2D eigenvalue weighted by Crippen LogP contribution is -2.47. The fourth-order valence-corrected chi connectivity index (χ4v) is 4.48. The van der Waals surface area contributed by atoms with Gasteiger partial charge < -0.3 is 15.0 Å². The molecule has 3 rings (SSSR count). The summed E-state index contributed by atoms with van der Waals surface area (Å²) in [5.41, 5.74) is 3.56. The number of thiol groups is 1. The molecule has 0 aliphatic carbocycles. The molecule has 36 heavy (non-hydrogen) atoms. The summed E-state index contributed by atoms with van der Waals surface area (Å²) in [5, 5.41) is 7.96. The number of amides is 2. The summed E-state index contributed by atoms with van der Waals surface area (Å²) >= 11 is 15.6. The molecule has 0 radical (unpaired) electrons. The van der Waals surface area contributed by atoms with Gasteiger partial charge in [-0.25, -0.2) is 4.79 Å². The predicted octanol–water partition coefficient (Wildman–Crippen LogP) is 5.92. The number of rotatable bonds is 6. The van der Waals surface area contributed by atoms with Crippen molar-refractivity contribution in [2.24, 2.45) is 10.9 Å². The van der Waals surface area contributed by atoms with E-state index in [1.165, 1.54) is 5.41 Å². The van der Waals surface area contributed by atoms with Gasteiger partial charge in [0.2, 0.25) is 0 Å². The first-order chi connectivity index (χ1) is 17.3. The Kier molecular flexibility index (Phi) is 10.3. The van der Waals surface area contributed by atoms with Crippen LogP contribution in [-0.4, -0.2) is 47.4 Å². The number of aliphatic imine (C=N–C) groups is 1. The third kappa shape index (κ3) is 7.56. The second-order valence-electron chi connectivity index (χ2n) is 8.19. The van der Waals surface area contributed by atoms with Crippen molar-refractivity contribution in [2.45, 2.75) is 26.7 Å². The Morgan fingerprint density at radius 3 is 2.50 bits per heavy atom. The quantitative estimate of drug-likeness (QED) is 0.182. The minimum absolute atomic E-state index is 0.184. The molecule has 2 amide bonds. The zero-order chi connectivity index (χ0) is 26.1. The number of alkyl carbamates (subject to hydrolysis) is 1. The second kappa shape index (κ2) is 13.4. The molecule has 0 spiro atoms. The molecule has 1 saturated heterocycles. The number of piperidine rings is 1. The number of nitrogens with zero attached hydrogens (tertiary/aromatic N) is 2. The fraction of sp³-hybridized carbons (Fsp3) is 0.308. The predicted molar refractivity (Wildman–Crippen MR) is 153 cm³/mol. The molecule has 1 aliphatic rings. The monoisotopic (exact) mass is 544 g/mol. The number of anilines is 1. The lowest BCUT2D eigenvalue weighted by atomic mass is 9.93. The molecule has 1 fully saturated rings. The largest absolute Gasteiger partial charge is 0.450 e. The van der Waals surface area contributed by atoms with Crippen LogP contribution in [0, 0.1) is 5.92 Å². The van der Waals surface area contributed by atoms with Crippen molar-refractivity contribution in [1.82, 2.24) is 10.2 Å². The van der Waals surface area contributed by atoms with E-state index in [2.05, 4.69) is 28.3 Å². The van der Waals surface area contributed by atoms with E-state index in [4.69, 9.17) is 28.6 Å². The Morgan fingerprint density at radius 1 is 1.19 bits per heavy atom. The van der Waals surface area contributed by atoms with Crippen molar-refractivity contribution in [3.8, 4) is 11.1 Å². The van der Waals surface area contributed by atoms with E-state index in [1.807, 2.05) is 60.4 Å². The maximum Gasteiger partial charge on any atom is 0.413 e. The van der Waals surface area contributed by atoms with Crippen molar-refractivity contribution in [2.75, 3.05) is 25.0 Å². The van der Waals surface area contributed by atoms with Crippen LogP contribution in [0.25, 0.3) is 11.1 Å². The second-order valence-corrected chi connectivity index (χ2v) is 9.27. The van der Waals surface area contributed by atoms with Crippen molar-refractivity contribution in [3.05, 3.63) is 64.7 Å². The SMILES string of the molecule is CCOC(=O)NC(=S)N1CCC(C(C)=N/C(=C\S)C(=O)Nc2ccccc2-c2ccc(Cl)cc2)CC1. The van der Waals surface area contributed by atoms with E-state index in [1.54, 1.807) is 6.92 Å². The van der Waals surface area contributed by atoms with Gasteiger partial charge in [-0.3, -0.25) is 15.1 Å². The molecule has 0 bridgehead atoms. The first-order valence-electron chi connectivity index (χ1n) is 11.6. The van der Waals surface area contributed by atoms with Gasteiger partial charge in [-0.1, -0.05) is 41.9 Å². The van der Waals surface area contributed by atoms with Gasteiger partial charge in [0.15, 0.2) is 5.11 Å². The molecule has 190 valence electrons. The van der Waals surface area contributed by atoms with Gasteiger partial charge >= 0.3 is 6.09 Å². The van der Waals surface area contributed by atoms with Crippen LogP contribution >= 0.6 is 36.4 Å². The van der Waals surface area contributed by atoms with E-state index in [0.29, 0.717) is 28.9 Å². The normalized spacial score (nSPS) is 14.8. The van der Waals surface area contributed by atoms with Gasteiger partial charge in [-0.2, -0.15) is 0 Å². The summed E-state index contributed by atoms with van der Waals surface area (Å²) in [5.74, 6) is -0.160. The van der Waals surface area contributed by atoms with Gasteiger partial charge in [-0.15, -0.1) is 12.6 Å². The van der Waals surface area contributed by atoms with Gasteiger partial charge in [-0.05, 0) is 68.1 Å². The highest BCUT2D eigenvalue weighted by molar-refractivity contribution is 7.83. The fourth-order valence-electron chi connectivity index (χ4n) is 3.91. The minimum Gasteiger partial charge on any atom is -0.450 e. The lowest BCUT2D eigenvalue weighted by molar-refractivity contribution is -0.112. The van der Waals surface area contributed by atoms with E-state index < -0.39 is 6.09 Å². The molecule has 0 aromatic heterocycles. The summed E-state index contributed by atoms with van der Waals surface area (Å²) in [7, 11) is 0. The Bertz CT molecular complexity index is 1160. The number of hydrogen-bond donors (Lipinski definition) is 3. The van der Waals surface area contributed by atoms with Gasteiger partial charge in [0, 0.05) is 41.0 Å². The Hall–Kier alpha value is -2.88. The lowest BCUT2D eigenvalue weighted by Gasteiger charge is -2.33. The molecule has 2 aromatic rings. The van der Waals surface area contributed by atoms with Crippen molar-refractivity contribution < 1.29 is 14.3 Å². The van der Waals surface area contributed by atoms with Crippen LogP contribution in [0.4, 0.5) is 10.5 Å². The summed E-state index contributed by atoms with van der Waals surface area (Å²) in [4.78, 5) is 31.2. The molecule has 1 heterocycles. The van der Waals surface area contributed by atoms with Crippen LogP contribution < -0.4 is 10.6 Å². The Morgan fingerprint density at radius 2 is 1.86 bits per heavy atom. The average molecular weight is 545 g/mol. The highest BCUT2D eigenvalue weighted by Gasteiger charge is 2.24. The highest BCUT2D eigenvalue weighted by atomic mass is 35.5. The maximum atomic E-state index is 13.1. The minimum atomic E-state index is -0.547. The van der Waals surface area contributed by atoms with Crippen LogP contribution in [0.1, 0.15) is 26.7 Å². The Balaban J connectivity index is 1.63. The van der Waals surface area contributed by atoms with E-state index in [9.17, 15) is 9.59 Å². The molecule has 1 aliphatic heterocycles. The van der Waals surface area contributed by atoms with Crippen LogP contribution in [0.15, 0.2) is 64.6 Å². The Labute approximate surface area is 227 Å². The summed E-state index contributed by atoms with van der Waals surface area (Å²) in [6, 6.07) is 15.0. The number of nitrogens with one attached hydrogen (secondary N) is 2. The first-order valence-corrected chi connectivity index (χ1v) is 12.9. The standard InChI is InChI=1S/C26H29ClN4O3S2/c1-3-34-26(33)30-25(36)31-14-12-18(13-15-31)17(2)28-23(16-35)24(32)29-22-7-5-4-6-21(22)19-8-10-20(27)11-9-19/h4-11,16,18,35H,3,12-15H2,1-2H3,(H,29,32)(H,30,33,36)/b23-16-,28-17?. The molecule has 0 saturated carbocycles. The van der Waals surface area contributed by atoms with Crippen molar-refractivity contribution in [3.63, 3.8) is 0 Å². The molecule has 2 N–H and O–H groups in total. The average Bonchev–Trinajstić information content (AvgIpc) is 2.88. The zero-order valence-corrected chi connectivity index (χ0v) is 22.6. The number of benzene rings is 2. The van der Waals surface area contributed by atoms with Gasteiger partial charge in [0.1, 0.15) is 5.70 Å². The highest BCUT2D eigenvalue weighted by Crippen LogP contribution is 2.29. The van der Waals surface area contributed by atoms with E-state index in [-0.39, 0.29) is 24.1 Å². The van der Waals surface area contributed by atoms with Crippen molar-refractivity contribution in [1.29, 1.82) is 0 Å². The summed E-state index contributed by atoms with van der Waals surface area (Å²) < 4.78 is 4.88. The molecule has 10 heteroatoms. The van der Waals surface area contributed by atoms with E-state index in [0.717, 1.165) is 29.7 Å². The number of thiocarbonyl (C=S) groups is 1. The van der Waals surface area contributed by atoms with Crippen LogP contribution in [-0.2, 0) is 9.53 Å². The number of para-hydroxylation sites is 1. The first kappa shape index (κ1) is 27.7. The molecular formula is C26H29ClN4O3S2. The van der Waals surface area contributed by atoms with Crippen LogP contribution in [0.5, 0.6) is 0 Å². The number of ether oxygens (including phenoxy) is 1. The number of hydrogen-bond acceptors (Lipinski definition) is 6. The third-order valence-corrected chi connectivity index (χ3v) is 6.70. The molecule has 7 nitrogen and oxygen atoms in total. The van der Waals surface area contributed by atoms with Gasteiger partial charge in [0.05, 0.1) is 6.61 Å². The summed E-state index contributed by atoms with van der Waals surface area (Å²) in [6.45, 7) is 5.28. The van der Waals surface area contributed by atoms with Crippen LogP contribution in [0.2, 0.25) is 5.02 Å². The summed E-state index contributed by atoms with van der Waals surface area (Å²) in [6.07, 6.45) is 1.04. The zero-order valence-electron chi connectivity index (χ0n) is 20.2. The van der Waals surface area contributed by atoms with E-state index >= 15 is 0 Å². The number of halogens is 1. The van der Waals surface area contributed by atoms with Crippen molar-refractivity contribution >= 4 is 65.0 Å². The topological polar surface area (TPSA) is 83.0 Å². The number of carbonyl (C=O) groups is 2. The third-order valence-electron chi connectivity index (χ3n) is 5.84. The number of likely N-dealkylation sites (tertiary alicyclic amines) is 1. The maximum absolute atomic E-state index is 13.1. The van der Waals surface area contributed by atoms with Gasteiger partial charge in [0.25, 0.3) is 5.91 Å². The molecule has 0 atom stereocenters. The smallest absolute Gasteiger partial charge is 0.413 e. The molecule has 0 unspecified atom stereocenters. The molecular weight excluding hydrogens is 516 g/mol.